The standard InChI is InChI=1S/C15H14O4S/c16-11-5-7-12(8-6-11)20-10-9-19-14-4-2-1-3-13(14)15(17)18/h1-8,16H,9-10H2,(H,17,18). The minimum atomic E-state index is -0.994. The summed E-state index contributed by atoms with van der Waals surface area (Å²) >= 11 is 1.58. The molecule has 2 aromatic carbocycles. The van der Waals surface area contributed by atoms with Gasteiger partial charge in [-0.1, -0.05) is 12.1 Å². The van der Waals surface area contributed by atoms with E-state index in [2.05, 4.69) is 0 Å². The van der Waals surface area contributed by atoms with E-state index < -0.39 is 5.97 Å². The molecule has 4 nitrogen and oxygen atoms in total. The molecule has 2 rings (SSSR count). The molecule has 0 heterocycles. The number of aromatic hydroxyl groups is 1. The van der Waals surface area contributed by atoms with E-state index in [1.165, 1.54) is 6.07 Å². The van der Waals surface area contributed by atoms with Crippen LogP contribution in [0.5, 0.6) is 11.5 Å². The molecule has 0 aliphatic heterocycles. The van der Waals surface area contributed by atoms with Gasteiger partial charge in [-0.05, 0) is 36.4 Å². The Morgan fingerprint density at radius 1 is 1.10 bits per heavy atom. The van der Waals surface area contributed by atoms with Crippen LogP contribution in [-0.2, 0) is 0 Å². The van der Waals surface area contributed by atoms with E-state index >= 15 is 0 Å². The zero-order valence-corrected chi connectivity index (χ0v) is 11.5. The summed E-state index contributed by atoms with van der Waals surface area (Å²) in [6.07, 6.45) is 0. The summed E-state index contributed by atoms with van der Waals surface area (Å²) in [5.41, 5.74) is 0.169. The van der Waals surface area contributed by atoms with Gasteiger partial charge in [0.25, 0.3) is 0 Å². The molecule has 0 aliphatic carbocycles. The van der Waals surface area contributed by atoms with Crippen molar-refractivity contribution in [2.45, 2.75) is 4.90 Å². The molecule has 0 unspecified atom stereocenters. The van der Waals surface area contributed by atoms with Gasteiger partial charge in [0.15, 0.2) is 0 Å². The van der Waals surface area contributed by atoms with Gasteiger partial charge in [-0.15, -0.1) is 11.8 Å². The van der Waals surface area contributed by atoms with Crippen molar-refractivity contribution in [3.05, 3.63) is 54.1 Å². The Hall–Kier alpha value is -2.14. The molecular weight excluding hydrogens is 276 g/mol. The molecule has 2 aromatic rings. The van der Waals surface area contributed by atoms with Crippen molar-refractivity contribution >= 4 is 17.7 Å². The SMILES string of the molecule is O=C(O)c1ccccc1OCCSc1ccc(O)cc1. The second-order valence-corrected chi connectivity index (χ2v) is 5.16. The fourth-order valence-electron chi connectivity index (χ4n) is 1.62. The number of hydrogen-bond acceptors (Lipinski definition) is 4. The number of carboxylic acid groups (broad SMARTS) is 1. The molecule has 0 amide bonds. The molecule has 0 saturated carbocycles. The lowest BCUT2D eigenvalue weighted by atomic mass is 10.2. The Balaban J connectivity index is 1.84. The van der Waals surface area contributed by atoms with Crippen LogP contribution in [0, 0.1) is 0 Å². The van der Waals surface area contributed by atoms with Crippen LogP contribution >= 0.6 is 11.8 Å². The lowest BCUT2D eigenvalue weighted by molar-refractivity contribution is 0.0692. The number of para-hydroxylation sites is 1. The van der Waals surface area contributed by atoms with Gasteiger partial charge in [0.1, 0.15) is 17.1 Å². The predicted octanol–water partition coefficient (Wildman–Crippen LogP) is 3.26. The number of carbonyl (C=O) groups is 1. The van der Waals surface area contributed by atoms with Crippen LogP contribution < -0.4 is 4.74 Å². The molecule has 0 fully saturated rings. The predicted molar refractivity (Wildman–Crippen MR) is 77.7 cm³/mol. The highest BCUT2D eigenvalue weighted by Crippen LogP contribution is 2.22. The van der Waals surface area contributed by atoms with E-state index in [0.29, 0.717) is 18.1 Å². The number of aromatic carboxylic acids is 1. The van der Waals surface area contributed by atoms with Crippen molar-refractivity contribution in [2.24, 2.45) is 0 Å². The fraction of sp³-hybridized carbons (Fsp3) is 0.133. The molecule has 0 radical (unpaired) electrons. The molecule has 0 saturated heterocycles. The van der Waals surface area contributed by atoms with Crippen molar-refractivity contribution in [3.8, 4) is 11.5 Å². The first-order valence-corrected chi connectivity index (χ1v) is 7.02. The first-order valence-electron chi connectivity index (χ1n) is 6.04. The minimum absolute atomic E-state index is 0.169. The Bertz CT molecular complexity index is 581. The quantitative estimate of drug-likeness (QED) is 0.631. The highest BCUT2D eigenvalue weighted by Gasteiger charge is 2.09. The Labute approximate surface area is 121 Å². The number of thioether (sulfide) groups is 1. The van der Waals surface area contributed by atoms with Gasteiger partial charge in [-0.25, -0.2) is 4.79 Å². The molecule has 2 N–H and O–H groups in total. The molecular formula is C15H14O4S. The van der Waals surface area contributed by atoms with Gasteiger partial charge in [0.05, 0.1) is 6.61 Å². The molecule has 0 spiro atoms. The average Bonchev–Trinajstić information content (AvgIpc) is 2.46. The highest BCUT2D eigenvalue weighted by molar-refractivity contribution is 7.99. The lowest BCUT2D eigenvalue weighted by Crippen LogP contribution is -2.05. The zero-order chi connectivity index (χ0) is 14.4. The monoisotopic (exact) mass is 290 g/mol. The summed E-state index contributed by atoms with van der Waals surface area (Å²) in [5.74, 6) is 0.317. The summed E-state index contributed by atoms with van der Waals surface area (Å²) in [6, 6.07) is 13.5. The maximum atomic E-state index is 11.0. The van der Waals surface area contributed by atoms with Crippen LogP contribution in [0.3, 0.4) is 0 Å². The summed E-state index contributed by atoms with van der Waals surface area (Å²) in [7, 11) is 0. The van der Waals surface area contributed by atoms with Gasteiger partial charge in [-0.3, -0.25) is 0 Å². The maximum absolute atomic E-state index is 11.0. The third-order valence-corrected chi connectivity index (χ3v) is 3.54. The second kappa shape index (κ2) is 6.86. The van der Waals surface area contributed by atoms with E-state index in [9.17, 15) is 4.79 Å². The van der Waals surface area contributed by atoms with Crippen LogP contribution in [0.4, 0.5) is 0 Å². The van der Waals surface area contributed by atoms with Gasteiger partial charge in [0, 0.05) is 10.6 Å². The number of hydrogen-bond donors (Lipinski definition) is 2. The summed E-state index contributed by atoms with van der Waals surface area (Å²) in [4.78, 5) is 12.0. The Morgan fingerprint density at radius 2 is 1.80 bits per heavy atom. The largest absolute Gasteiger partial charge is 0.508 e. The molecule has 5 heteroatoms. The number of benzene rings is 2. The normalized spacial score (nSPS) is 10.2. The molecule has 0 atom stereocenters. The van der Waals surface area contributed by atoms with Crippen LogP contribution in [0.15, 0.2) is 53.4 Å². The molecule has 20 heavy (non-hydrogen) atoms. The van der Waals surface area contributed by atoms with Crippen molar-refractivity contribution in [1.29, 1.82) is 0 Å². The van der Waals surface area contributed by atoms with Gasteiger partial charge >= 0.3 is 5.97 Å². The van der Waals surface area contributed by atoms with Gasteiger partial charge in [0.2, 0.25) is 0 Å². The Kier molecular flexibility index (Phi) is 4.90. The number of phenols is 1. The number of phenolic OH excluding ortho intramolecular Hbond substituents is 1. The van der Waals surface area contributed by atoms with E-state index in [1.807, 2.05) is 12.1 Å². The van der Waals surface area contributed by atoms with E-state index in [4.69, 9.17) is 14.9 Å². The van der Waals surface area contributed by atoms with Crippen LogP contribution in [0.2, 0.25) is 0 Å². The van der Waals surface area contributed by atoms with E-state index in [-0.39, 0.29) is 11.3 Å². The van der Waals surface area contributed by atoms with Crippen LogP contribution in [0.25, 0.3) is 0 Å². The third-order valence-electron chi connectivity index (χ3n) is 2.56. The van der Waals surface area contributed by atoms with Crippen molar-refractivity contribution < 1.29 is 19.7 Å². The smallest absolute Gasteiger partial charge is 0.339 e. The molecule has 0 bridgehead atoms. The zero-order valence-electron chi connectivity index (χ0n) is 10.7. The molecule has 104 valence electrons. The van der Waals surface area contributed by atoms with Gasteiger partial charge < -0.3 is 14.9 Å². The van der Waals surface area contributed by atoms with Gasteiger partial charge in [-0.2, -0.15) is 0 Å². The average molecular weight is 290 g/mol. The van der Waals surface area contributed by atoms with E-state index in [0.717, 1.165) is 4.90 Å². The summed E-state index contributed by atoms with van der Waals surface area (Å²) in [5, 5.41) is 18.2. The topological polar surface area (TPSA) is 66.8 Å². The van der Waals surface area contributed by atoms with Crippen LogP contribution in [0.1, 0.15) is 10.4 Å². The minimum Gasteiger partial charge on any atom is -0.508 e. The Morgan fingerprint density at radius 3 is 2.50 bits per heavy atom. The summed E-state index contributed by atoms with van der Waals surface area (Å²) in [6.45, 7) is 0.413. The molecule has 0 aliphatic rings. The van der Waals surface area contributed by atoms with E-state index in [1.54, 1.807) is 42.1 Å². The van der Waals surface area contributed by atoms with Crippen molar-refractivity contribution in [2.75, 3.05) is 12.4 Å². The van der Waals surface area contributed by atoms with Crippen molar-refractivity contribution in [3.63, 3.8) is 0 Å². The molecule has 0 aromatic heterocycles. The highest BCUT2D eigenvalue weighted by atomic mass is 32.2. The fourth-order valence-corrected chi connectivity index (χ4v) is 2.35. The second-order valence-electron chi connectivity index (χ2n) is 3.99. The van der Waals surface area contributed by atoms with Crippen molar-refractivity contribution in [1.82, 2.24) is 0 Å². The summed E-state index contributed by atoms with van der Waals surface area (Å²) < 4.78 is 5.49. The number of carboxylic acids is 1. The number of rotatable bonds is 6. The maximum Gasteiger partial charge on any atom is 0.339 e. The number of ether oxygens (including phenoxy) is 1. The first-order chi connectivity index (χ1) is 9.66. The first kappa shape index (κ1) is 14.3. The third kappa shape index (κ3) is 3.93. The van der Waals surface area contributed by atoms with Crippen LogP contribution in [-0.4, -0.2) is 28.5 Å². The lowest BCUT2D eigenvalue weighted by Gasteiger charge is -2.08.